The van der Waals surface area contributed by atoms with Gasteiger partial charge in [0.25, 0.3) is 0 Å². The molecule has 0 fully saturated rings. The first-order valence-electron chi connectivity index (χ1n) is 19.4. The van der Waals surface area contributed by atoms with E-state index in [1.807, 2.05) is 0 Å². The molecule has 0 radical (unpaired) electrons. The number of rotatable bonds is 3. The first-order chi connectivity index (χ1) is 28.3. The van der Waals surface area contributed by atoms with Crippen LogP contribution in [0.15, 0.2) is 188 Å². The summed E-state index contributed by atoms with van der Waals surface area (Å²) in [6, 6.07) is 67.9. The van der Waals surface area contributed by atoms with Crippen LogP contribution in [0.1, 0.15) is 0 Å². The van der Waals surface area contributed by atoms with Crippen LogP contribution in [0.5, 0.6) is 0 Å². The Kier molecular flexibility index (Phi) is 6.10. The number of para-hydroxylation sites is 4. The minimum Gasteiger partial charge on any atom is -0.309 e. The first kappa shape index (κ1) is 30.6. The van der Waals surface area contributed by atoms with Crippen molar-refractivity contribution in [2.45, 2.75) is 0 Å². The predicted molar refractivity (Wildman–Crippen MR) is 237 cm³/mol. The minimum atomic E-state index is 0.823. The van der Waals surface area contributed by atoms with Gasteiger partial charge in [0.15, 0.2) is 0 Å². The molecule has 0 aliphatic heterocycles. The van der Waals surface area contributed by atoms with E-state index in [2.05, 4.69) is 202 Å². The van der Waals surface area contributed by atoms with Gasteiger partial charge in [-0.1, -0.05) is 115 Å². The molecule has 0 aliphatic rings. The van der Waals surface area contributed by atoms with Crippen molar-refractivity contribution in [2.75, 3.05) is 0 Å². The average molecular weight is 726 g/mol. The Morgan fingerprint density at radius 1 is 0.333 bits per heavy atom. The van der Waals surface area contributed by atoms with E-state index in [1.165, 1.54) is 65.3 Å². The summed E-state index contributed by atoms with van der Waals surface area (Å²) in [4.78, 5) is 10.6. The largest absolute Gasteiger partial charge is 0.309 e. The summed E-state index contributed by atoms with van der Waals surface area (Å²) < 4.78 is 6.98. The molecule has 4 heterocycles. The molecule has 264 valence electrons. The van der Waals surface area contributed by atoms with Gasteiger partial charge in [-0.2, -0.15) is 0 Å². The highest BCUT2D eigenvalue weighted by molar-refractivity contribution is 6.22. The molecule has 57 heavy (non-hydrogen) atoms. The first-order valence-corrected chi connectivity index (χ1v) is 19.4. The summed E-state index contributed by atoms with van der Waals surface area (Å²) in [5.74, 6) is 0.823. The smallest absolute Gasteiger partial charge is 0.221 e. The van der Waals surface area contributed by atoms with Gasteiger partial charge < -0.3 is 4.57 Å². The highest BCUT2D eigenvalue weighted by Gasteiger charge is 2.22. The molecule has 0 saturated carbocycles. The lowest BCUT2D eigenvalue weighted by Gasteiger charge is -2.13. The van der Waals surface area contributed by atoms with E-state index < -0.39 is 0 Å². The van der Waals surface area contributed by atoms with Crippen LogP contribution in [0.3, 0.4) is 0 Å². The summed E-state index contributed by atoms with van der Waals surface area (Å²) in [5.41, 5.74) is 11.9. The molecule has 0 amide bonds. The fraction of sp³-hybridized carbons (Fsp3) is 0. The van der Waals surface area contributed by atoms with Crippen molar-refractivity contribution in [3.05, 3.63) is 188 Å². The lowest BCUT2D eigenvalue weighted by molar-refractivity contribution is 0.980. The van der Waals surface area contributed by atoms with Crippen molar-refractivity contribution in [3.63, 3.8) is 0 Å². The molecular formula is C52H31N5. The van der Waals surface area contributed by atoms with Crippen LogP contribution in [-0.2, 0) is 0 Å². The molecule has 0 atom stereocenters. The van der Waals surface area contributed by atoms with Crippen LogP contribution in [0, 0.1) is 0 Å². The zero-order chi connectivity index (χ0) is 37.2. The maximum Gasteiger partial charge on any atom is 0.221 e. The summed E-state index contributed by atoms with van der Waals surface area (Å²) in [6.07, 6.45) is 0. The van der Waals surface area contributed by atoms with Crippen molar-refractivity contribution in [3.8, 4) is 22.8 Å². The van der Waals surface area contributed by atoms with Crippen LogP contribution in [-0.4, -0.2) is 23.5 Å². The highest BCUT2D eigenvalue weighted by atomic mass is 15.2. The second-order valence-electron chi connectivity index (χ2n) is 15.1. The van der Waals surface area contributed by atoms with Gasteiger partial charge in [0.1, 0.15) is 5.65 Å². The van der Waals surface area contributed by atoms with Crippen LogP contribution in [0.4, 0.5) is 0 Å². The second-order valence-corrected chi connectivity index (χ2v) is 15.1. The van der Waals surface area contributed by atoms with Crippen LogP contribution in [0.2, 0.25) is 0 Å². The number of hydrogen-bond donors (Lipinski definition) is 0. The highest BCUT2D eigenvalue weighted by Crippen LogP contribution is 2.41. The average Bonchev–Trinajstić information content (AvgIpc) is 3.94. The van der Waals surface area contributed by atoms with E-state index in [1.54, 1.807) is 0 Å². The lowest BCUT2D eigenvalue weighted by atomic mass is 9.99. The van der Waals surface area contributed by atoms with Crippen molar-refractivity contribution >= 4 is 92.7 Å². The summed E-state index contributed by atoms with van der Waals surface area (Å²) in [5, 5.41) is 10.8. The van der Waals surface area contributed by atoms with E-state index in [4.69, 9.17) is 9.97 Å². The van der Waals surface area contributed by atoms with Crippen LogP contribution >= 0.6 is 0 Å². The van der Waals surface area contributed by atoms with Gasteiger partial charge >= 0.3 is 0 Å². The normalized spacial score (nSPS) is 12.2. The van der Waals surface area contributed by atoms with Gasteiger partial charge in [0.05, 0.1) is 38.6 Å². The Morgan fingerprint density at radius 3 is 1.77 bits per heavy atom. The van der Waals surface area contributed by atoms with E-state index >= 15 is 0 Å². The van der Waals surface area contributed by atoms with Gasteiger partial charge in [0.2, 0.25) is 5.95 Å². The molecule has 5 nitrogen and oxygen atoms in total. The van der Waals surface area contributed by atoms with E-state index in [9.17, 15) is 0 Å². The van der Waals surface area contributed by atoms with E-state index in [0.717, 1.165) is 50.3 Å². The summed E-state index contributed by atoms with van der Waals surface area (Å²) in [7, 11) is 0. The van der Waals surface area contributed by atoms with Crippen molar-refractivity contribution in [1.29, 1.82) is 0 Å². The molecule has 0 unspecified atom stereocenters. The Balaban J connectivity index is 1.08. The van der Waals surface area contributed by atoms with Crippen LogP contribution < -0.4 is 0 Å². The van der Waals surface area contributed by atoms with Gasteiger partial charge in [-0.05, 0) is 105 Å². The third-order valence-corrected chi connectivity index (χ3v) is 12.0. The van der Waals surface area contributed by atoms with Crippen molar-refractivity contribution in [1.82, 2.24) is 23.5 Å². The lowest BCUT2D eigenvalue weighted by Crippen LogP contribution is -2.06. The zero-order valence-electron chi connectivity index (χ0n) is 30.6. The standard InChI is InChI=1S/C52H31N5/c1-2-13-34-29-37(25-21-32(34)11-1)55-45-19-9-6-15-39(45)41-30-35(23-26-46(41)55)36-24-27-47-42(31-36)50-38-14-4-3-12-33(38)22-28-49(50)56(47)52-54-43-17-7-5-16-40(43)51-53-44-18-8-10-20-48(44)57(51)52/h1-31H. The number of imidazole rings is 1. The number of nitrogens with zero attached hydrogens (tertiary/aromatic N) is 5. The Hall–Kier alpha value is -7.76. The molecule has 13 rings (SSSR count). The number of fused-ring (bicyclic) bond motifs is 14. The second kappa shape index (κ2) is 11.4. The Morgan fingerprint density at radius 2 is 0.930 bits per heavy atom. The maximum atomic E-state index is 5.42. The molecule has 9 aromatic carbocycles. The third kappa shape index (κ3) is 4.28. The molecule has 0 saturated heterocycles. The summed E-state index contributed by atoms with van der Waals surface area (Å²) >= 11 is 0. The molecule has 0 bridgehead atoms. The SMILES string of the molecule is c1ccc2cc(-n3c4ccccc4c4cc(-c5ccc6c(c5)c5c7ccccc7ccc5n6-c5nc6ccccc6c6nc7ccccc7n56)ccc43)ccc2c1. The zero-order valence-corrected chi connectivity index (χ0v) is 30.6. The summed E-state index contributed by atoms with van der Waals surface area (Å²) in [6.45, 7) is 0. The number of benzene rings is 9. The molecule has 0 spiro atoms. The van der Waals surface area contributed by atoms with Gasteiger partial charge in [0, 0.05) is 32.6 Å². The topological polar surface area (TPSA) is 40.0 Å². The molecule has 0 aliphatic carbocycles. The predicted octanol–water partition coefficient (Wildman–Crippen LogP) is 13.2. The van der Waals surface area contributed by atoms with Crippen molar-refractivity contribution < 1.29 is 0 Å². The van der Waals surface area contributed by atoms with Gasteiger partial charge in [-0.3, -0.25) is 8.97 Å². The molecular weight excluding hydrogens is 695 g/mol. The molecule has 4 aromatic heterocycles. The minimum absolute atomic E-state index is 0.823. The third-order valence-electron chi connectivity index (χ3n) is 12.0. The molecule has 0 N–H and O–H groups in total. The van der Waals surface area contributed by atoms with Crippen LogP contribution in [0.25, 0.3) is 116 Å². The maximum absolute atomic E-state index is 5.42. The molecule has 13 aromatic rings. The number of hydrogen-bond acceptors (Lipinski definition) is 2. The Bertz CT molecular complexity index is 3820. The van der Waals surface area contributed by atoms with Gasteiger partial charge in [-0.15, -0.1) is 0 Å². The monoisotopic (exact) mass is 725 g/mol. The molecule has 5 heteroatoms. The van der Waals surface area contributed by atoms with Crippen molar-refractivity contribution in [2.24, 2.45) is 0 Å². The van der Waals surface area contributed by atoms with Gasteiger partial charge in [-0.25, -0.2) is 9.97 Å². The quantitative estimate of drug-likeness (QED) is 0.182. The fourth-order valence-electron chi connectivity index (χ4n) is 9.41. The van der Waals surface area contributed by atoms with E-state index in [0.29, 0.717) is 0 Å². The van der Waals surface area contributed by atoms with E-state index in [-0.39, 0.29) is 0 Å². The number of aromatic nitrogens is 5. The Labute approximate surface area is 325 Å². The fourth-order valence-corrected chi connectivity index (χ4v) is 9.41.